The summed E-state index contributed by atoms with van der Waals surface area (Å²) in [5.41, 5.74) is 0. The second kappa shape index (κ2) is 59.4. The summed E-state index contributed by atoms with van der Waals surface area (Å²) in [6.07, 6.45) is 81.8. The van der Waals surface area contributed by atoms with E-state index in [1.165, 1.54) is 57.8 Å². The maximum Gasteiger partial charge on any atom is 0.306 e. The SMILES string of the molecule is CC/C=C\C/C=C\C/C=C\C/C=C\C/C=C\CCCCCCCCCC(=O)OCC(COC(=O)CCCCCCC/C=C\C/C=C\C/C=C\CC)OC(=O)CCCCCCC/C=C\C/C=C\CCCCCC. The Balaban J connectivity index is 4.44. The summed E-state index contributed by atoms with van der Waals surface area (Å²) in [6, 6.07) is 0. The maximum atomic E-state index is 12.9. The highest BCUT2D eigenvalue weighted by molar-refractivity contribution is 5.71. The van der Waals surface area contributed by atoms with Crippen molar-refractivity contribution in [3.63, 3.8) is 0 Å². The normalized spacial score (nSPS) is 13.0. The molecule has 0 heterocycles. The van der Waals surface area contributed by atoms with Crippen molar-refractivity contribution in [1.82, 2.24) is 0 Å². The number of allylic oxidation sites excluding steroid dienone is 20. The zero-order valence-electron chi connectivity index (χ0n) is 46.7. The highest BCUT2D eigenvalue weighted by atomic mass is 16.6. The fourth-order valence-corrected chi connectivity index (χ4v) is 7.81. The minimum Gasteiger partial charge on any atom is -0.462 e. The summed E-state index contributed by atoms with van der Waals surface area (Å²) in [4.78, 5) is 38.2. The molecule has 0 fully saturated rings. The molecule has 0 spiro atoms. The molecule has 6 heteroatoms. The lowest BCUT2D eigenvalue weighted by Gasteiger charge is -2.18. The molecule has 0 rings (SSSR count). The highest BCUT2D eigenvalue weighted by Gasteiger charge is 2.19. The summed E-state index contributed by atoms with van der Waals surface area (Å²) in [5.74, 6) is -0.939. The zero-order valence-corrected chi connectivity index (χ0v) is 46.7. The molecule has 0 aromatic carbocycles. The van der Waals surface area contributed by atoms with Crippen LogP contribution in [0, 0.1) is 0 Å². The summed E-state index contributed by atoms with van der Waals surface area (Å²) in [7, 11) is 0. The number of hydrogen-bond acceptors (Lipinski definition) is 6. The fourth-order valence-electron chi connectivity index (χ4n) is 7.81. The molecule has 0 aliphatic heterocycles. The van der Waals surface area contributed by atoms with Gasteiger partial charge in [-0.2, -0.15) is 0 Å². The van der Waals surface area contributed by atoms with Gasteiger partial charge >= 0.3 is 17.9 Å². The molecule has 0 aliphatic carbocycles. The van der Waals surface area contributed by atoms with E-state index in [1.54, 1.807) is 0 Å². The molecule has 0 aromatic rings. The Hall–Kier alpha value is -4.19. The van der Waals surface area contributed by atoms with Gasteiger partial charge in [0, 0.05) is 19.3 Å². The number of esters is 3. The van der Waals surface area contributed by atoms with Gasteiger partial charge in [0.05, 0.1) is 0 Å². The predicted octanol–water partition coefficient (Wildman–Crippen LogP) is 20.0. The second-order valence-corrected chi connectivity index (χ2v) is 19.1. The van der Waals surface area contributed by atoms with E-state index in [1.807, 2.05) is 0 Å². The number of rotatable bonds is 52. The Morgan fingerprint density at radius 3 is 0.847 bits per heavy atom. The number of unbranched alkanes of at least 4 members (excludes halogenated alkanes) is 21. The molecule has 0 aliphatic rings. The molecule has 72 heavy (non-hydrogen) atoms. The summed E-state index contributed by atoms with van der Waals surface area (Å²) in [6.45, 7) is 6.36. The average Bonchev–Trinajstić information content (AvgIpc) is 3.38. The van der Waals surface area contributed by atoms with Gasteiger partial charge in [-0.25, -0.2) is 0 Å². The summed E-state index contributed by atoms with van der Waals surface area (Å²) in [5, 5.41) is 0. The number of carbonyl (C=O) groups excluding carboxylic acids is 3. The second-order valence-electron chi connectivity index (χ2n) is 19.1. The van der Waals surface area contributed by atoms with Crippen LogP contribution in [0.1, 0.15) is 258 Å². The van der Waals surface area contributed by atoms with Crippen LogP contribution in [-0.4, -0.2) is 37.2 Å². The van der Waals surface area contributed by atoms with E-state index < -0.39 is 6.10 Å². The van der Waals surface area contributed by atoms with E-state index in [4.69, 9.17) is 14.2 Å². The van der Waals surface area contributed by atoms with Crippen LogP contribution in [-0.2, 0) is 28.6 Å². The monoisotopic (exact) mass is 997 g/mol. The summed E-state index contributed by atoms with van der Waals surface area (Å²) >= 11 is 0. The Morgan fingerprint density at radius 2 is 0.542 bits per heavy atom. The van der Waals surface area contributed by atoms with E-state index >= 15 is 0 Å². The molecule has 1 atom stereocenters. The highest BCUT2D eigenvalue weighted by Crippen LogP contribution is 2.14. The molecule has 0 bridgehead atoms. The maximum absolute atomic E-state index is 12.9. The molecule has 0 saturated heterocycles. The van der Waals surface area contributed by atoms with Gasteiger partial charge in [-0.05, 0) is 128 Å². The molecular weight excluding hydrogens is 889 g/mol. The Morgan fingerprint density at radius 1 is 0.292 bits per heavy atom. The van der Waals surface area contributed by atoms with E-state index in [9.17, 15) is 14.4 Å². The van der Waals surface area contributed by atoms with Crippen molar-refractivity contribution >= 4 is 17.9 Å². The van der Waals surface area contributed by atoms with Gasteiger partial charge in [0.15, 0.2) is 6.10 Å². The quantitative estimate of drug-likeness (QED) is 0.0261. The lowest BCUT2D eigenvalue weighted by molar-refractivity contribution is -0.167. The standard InChI is InChI=1S/C66H108O6/c1-4-7-10-13-16-19-22-25-28-30-31-32-33-34-35-36-39-41-44-47-50-53-56-59-65(68)71-62-63(61-70-64(67)58-55-52-49-46-43-40-37-27-24-21-18-15-12-9-6-3)72-66(69)60-57-54-51-48-45-42-38-29-26-23-20-17-14-11-8-5-2/h7,9-10,12,16,18-21,23,25,27-29,31-32,34-35,37-38,63H,4-6,8,11,13-15,17,22,24,26,30,33,36,39-62H2,1-3H3/b10-7-,12-9-,19-16-,21-18-,23-20-,28-25-,32-31-,35-34-,37-27-,38-29-. The molecule has 1 unspecified atom stereocenters. The first-order valence-electron chi connectivity index (χ1n) is 29.5. The molecule has 0 amide bonds. The van der Waals surface area contributed by atoms with Crippen molar-refractivity contribution in [2.75, 3.05) is 13.2 Å². The number of carbonyl (C=O) groups is 3. The minimum absolute atomic E-state index is 0.0982. The average molecular weight is 998 g/mol. The molecular formula is C66H108O6. The topological polar surface area (TPSA) is 78.9 Å². The van der Waals surface area contributed by atoms with E-state index in [0.717, 1.165) is 161 Å². The third-order valence-corrected chi connectivity index (χ3v) is 12.2. The fraction of sp³-hybridized carbons (Fsp3) is 0.652. The van der Waals surface area contributed by atoms with Crippen LogP contribution in [0.4, 0.5) is 0 Å². The lowest BCUT2D eigenvalue weighted by atomic mass is 10.1. The van der Waals surface area contributed by atoms with Crippen LogP contribution in [0.2, 0.25) is 0 Å². The van der Waals surface area contributed by atoms with Gasteiger partial charge in [0.1, 0.15) is 13.2 Å². The molecule has 6 nitrogen and oxygen atoms in total. The third-order valence-electron chi connectivity index (χ3n) is 12.2. The molecule has 0 saturated carbocycles. The first kappa shape index (κ1) is 67.8. The summed E-state index contributed by atoms with van der Waals surface area (Å²) < 4.78 is 16.9. The van der Waals surface area contributed by atoms with Gasteiger partial charge < -0.3 is 14.2 Å². The van der Waals surface area contributed by atoms with Gasteiger partial charge in [0.25, 0.3) is 0 Å². The Bertz CT molecular complexity index is 1520. The lowest BCUT2D eigenvalue weighted by Crippen LogP contribution is -2.30. The van der Waals surface area contributed by atoms with Crippen molar-refractivity contribution in [2.45, 2.75) is 264 Å². The largest absolute Gasteiger partial charge is 0.462 e. The smallest absolute Gasteiger partial charge is 0.306 e. The van der Waals surface area contributed by atoms with Crippen molar-refractivity contribution in [3.05, 3.63) is 122 Å². The molecule has 0 aromatic heterocycles. The van der Waals surface area contributed by atoms with E-state index in [-0.39, 0.29) is 31.1 Å². The number of hydrogen-bond donors (Lipinski definition) is 0. The minimum atomic E-state index is -0.802. The molecule has 0 N–H and O–H groups in total. The van der Waals surface area contributed by atoms with Crippen LogP contribution in [0.3, 0.4) is 0 Å². The van der Waals surface area contributed by atoms with Gasteiger partial charge in [-0.1, -0.05) is 232 Å². The van der Waals surface area contributed by atoms with Crippen LogP contribution < -0.4 is 0 Å². The van der Waals surface area contributed by atoms with Gasteiger partial charge in [-0.3, -0.25) is 14.4 Å². The Kier molecular flexibility index (Phi) is 55.9. The van der Waals surface area contributed by atoms with Crippen LogP contribution in [0.5, 0.6) is 0 Å². The van der Waals surface area contributed by atoms with E-state index in [0.29, 0.717) is 19.3 Å². The van der Waals surface area contributed by atoms with Crippen LogP contribution >= 0.6 is 0 Å². The van der Waals surface area contributed by atoms with Crippen molar-refractivity contribution in [1.29, 1.82) is 0 Å². The Labute approximate surface area is 443 Å². The first-order chi connectivity index (χ1) is 35.5. The molecule has 408 valence electrons. The third kappa shape index (κ3) is 56.7. The first-order valence-corrected chi connectivity index (χ1v) is 29.5. The van der Waals surface area contributed by atoms with Gasteiger partial charge in [0.2, 0.25) is 0 Å². The van der Waals surface area contributed by atoms with Crippen molar-refractivity contribution in [3.8, 4) is 0 Å². The number of ether oxygens (including phenoxy) is 3. The molecule has 0 radical (unpaired) electrons. The van der Waals surface area contributed by atoms with Gasteiger partial charge in [-0.15, -0.1) is 0 Å². The zero-order chi connectivity index (χ0) is 52.2. The van der Waals surface area contributed by atoms with Crippen LogP contribution in [0.25, 0.3) is 0 Å². The van der Waals surface area contributed by atoms with Crippen molar-refractivity contribution in [2.24, 2.45) is 0 Å². The van der Waals surface area contributed by atoms with Crippen molar-refractivity contribution < 1.29 is 28.6 Å². The van der Waals surface area contributed by atoms with Crippen LogP contribution in [0.15, 0.2) is 122 Å². The predicted molar refractivity (Wildman–Crippen MR) is 311 cm³/mol. The van der Waals surface area contributed by atoms with E-state index in [2.05, 4.69) is 142 Å².